The Kier molecular flexibility index (Phi) is 4.17. The fraction of sp³-hybridized carbons (Fsp3) is 0.733. The Balaban J connectivity index is 1.73. The minimum atomic E-state index is 0.315. The quantitative estimate of drug-likeness (QED) is 0.835. The fourth-order valence-corrected chi connectivity index (χ4v) is 3.74. The van der Waals surface area contributed by atoms with Gasteiger partial charge in [0, 0.05) is 44.7 Å². The first kappa shape index (κ1) is 13.8. The topological polar surface area (TPSA) is 41.5 Å². The molecule has 2 aliphatic heterocycles. The Bertz CT molecular complexity index is 427. The third-order valence-electron chi connectivity index (χ3n) is 4.70. The first-order chi connectivity index (χ1) is 9.84. The lowest BCUT2D eigenvalue weighted by Crippen LogP contribution is -2.56. The maximum atomic E-state index is 5.27. The Morgan fingerprint density at radius 3 is 2.70 bits per heavy atom. The molecular formula is C15H24N4O. The highest BCUT2D eigenvalue weighted by molar-refractivity contribution is 5.31. The summed E-state index contributed by atoms with van der Waals surface area (Å²) in [5.74, 6) is 0.880. The molecule has 0 amide bonds. The highest BCUT2D eigenvalue weighted by Crippen LogP contribution is 2.37. The van der Waals surface area contributed by atoms with Crippen LogP contribution in [0.3, 0.4) is 0 Å². The third-order valence-corrected chi connectivity index (χ3v) is 4.70. The van der Waals surface area contributed by atoms with Crippen molar-refractivity contribution in [3.05, 3.63) is 18.5 Å². The van der Waals surface area contributed by atoms with Crippen LogP contribution >= 0.6 is 0 Å². The van der Waals surface area contributed by atoms with Gasteiger partial charge in [-0.05, 0) is 38.3 Å². The van der Waals surface area contributed by atoms with E-state index < -0.39 is 0 Å². The predicted octanol–water partition coefficient (Wildman–Crippen LogP) is 1.56. The van der Waals surface area contributed by atoms with Crippen LogP contribution in [0.1, 0.15) is 25.7 Å². The van der Waals surface area contributed by atoms with E-state index >= 15 is 0 Å². The summed E-state index contributed by atoms with van der Waals surface area (Å²) in [6, 6.07) is 1.88. The van der Waals surface area contributed by atoms with Gasteiger partial charge in [-0.2, -0.15) is 0 Å². The molecule has 0 aliphatic carbocycles. The fourth-order valence-electron chi connectivity index (χ4n) is 3.74. The van der Waals surface area contributed by atoms with E-state index in [0.29, 0.717) is 5.54 Å². The van der Waals surface area contributed by atoms with Gasteiger partial charge in [0.1, 0.15) is 0 Å². The summed E-state index contributed by atoms with van der Waals surface area (Å²) in [7, 11) is 1.79. The van der Waals surface area contributed by atoms with Gasteiger partial charge in [0.15, 0.2) is 0 Å². The van der Waals surface area contributed by atoms with Crippen molar-refractivity contribution in [3.8, 4) is 0 Å². The number of hydrogen-bond acceptors (Lipinski definition) is 5. The summed E-state index contributed by atoms with van der Waals surface area (Å²) in [6.45, 7) is 5.20. The number of likely N-dealkylation sites (tertiary alicyclic amines) is 1. The van der Waals surface area contributed by atoms with E-state index in [1.165, 1.54) is 32.2 Å². The molecule has 1 atom stereocenters. The highest BCUT2D eigenvalue weighted by atomic mass is 16.5. The molecule has 1 spiro atoms. The SMILES string of the molecule is COCCN1CCCC12CCCN(c1ncccn1)C2. The van der Waals surface area contributed by atoms with E-state index in [1.807, 2.05) is 18.5 Å². The monoisotopic (exact) mass is 276 g/mol. The van der Waals surface area contributed by atoms with E-state index in [1.54, 1.807) is 7.11 Å². The van der Waals surface area contributed by atoms with Crippen LogP contribution in [0, 0.1) is 0 Å². The van der Waals surface area contributed by atoms with Crippen molar-refractivity contribution < 1.29 is 4.74 Å². The van der Waals surface area contributed by atoms with Crippen molar-refractivity contribution in [3.63, 3.8) is 0 Å². The summed E-state index contributed by atoms with van der Waals surface area (Å²) >= 11 is 0. The van der Waals surface area contributed by atoms with Crippen LogP contribution in [-0.4, -0.2) is 60.3 Å². The Hall–Kier alpha value is -1.20. The molecule has 1 aromatic heterocycles. The number of anilines is 1. The van der Waals surface area contributed by atoms with Crippen LogP contribution < -0.4 is 4.90 Å². The zero-order valence-electron chi connectivity index (χ0n) is 12.3. The van der Waals surface area contributed by atoms with Crippen LogP contribution in [0.5, 0.6) is 0 Å². The van der Waals surface area contributed by atoms with Gasteiger partial charge in [0.2, 0.25) is 5.95 Å². The van der Waals surface area contributed by atoms with E-state index in [9.17, 15) is 0 Å². The summed E-state index contributed by atoms with van der Waals surface area (Å²) in [4.78, 5) is 13.8. The van der Waals surface area contributed by atoms with Gasteiger partial charge in [-0.3, -0.25) is 4.90 Å². The van der Waals surface area contributed by atoms with E-state index in [0.717, 1.165) is 32.2 Å². The van der Waals surface area contributed by atoms with Gasteiger partial charge >= 0.3 is 0 Å². The minimum Gasteiger partial charge on any atom is -0.383 e. The lowest BCUT2D eigenvalue weighted by Gasteiger charge is -2.46. The van der Waals surface area contributed by atoms with Crippen LogP contribution in [-0.2, 0) is 4.74 Å². The number of methoxy groups -OCH3 is 1. The first-order valence-electron chi connectivity index (χ1n) is 7.60. The molecule has 1 aromatic rings. The molecule has 5 heteroatoms. The number of rotatable bonds is 4. The molecule has 110 valence electrons. The van der Waals surface area contributed by atoms with Crippen molar-refractivity contribution in [1.29, 1.82) is 0 Å². The largest absolute Gasteiger partial charge is 0.383 e. The zero-order valence-corrected chi connectivity index (χ0v) is 12.3. The van der Waals surface area contributed by atoms with Gasteiger partial charge in [0.25, 0.3) is 0 Å². The molecule has 0 N–H and O–H groups in total. The van der Waals surface area contributed by atoms with Gasteiger partial charge in [0.05, 0.1) is 6.61 Å². The zero-order chi connectivity index (χ0) is 13.8. The molecule has 0 aromatic carbocycles. The van der Waals surface area contributed by atoms with Crippen LogP contribution in [0.4, 0.5) is 5.95 Å². The summed E-state index contributed by atoms with van der Waals surface area (Å²) < 4.78 is 5.27. The maximum absolute atomic E-state index is 5.27. The van der Waals surface area contributed by atoms with Gasteiger partial charge in [-0.25, -0.2) is 9.97 Å². The third kappa shape index (κ3) is 2.65. The second-order valence-corrected chi connectivity index (χ2v) is 5.88. The molecule has 2 saturated heterocycles. The van der Waals surface area contributed by atoms with Gasteiger partial charge in [-0.15, -0.1) is 0 Å². The van der Waals surface area contributed by atoms with Crippen LogP contribution in [0.2, 0.25) is 0 Å². The number of nitrogens with zero attached hydrogens (tertiary/aromatic N) is 4. The molecule has 2 fully saturated rings. The van der Waals surface area contributed by atoms with Crippen molar-refractivity contribution in [2.24, 2.45) is 0 Å². The van der Waals surface area contributed by atoms with Crippen molar-refractivity contribution in [2.45, 2.75) is 31.2 Å². The van der Waals surface area contributed by atoms with Gasteiger partial charge in [-0.1, -0.05) is 0 Å². The number of ether oxygens (including phenoxy) is 1. The predicted molar refractivity (Wildman–Crippen MR) is 78.9 cm³/mol. The standard InChI is InChI=1S/C15H24N4O/c1-20-12-11-19-10-3-6-15(19)5-2-9-18(13-15)14-16-7-4-8-17-14/h4,7-8H,2-3,5-6,9-13H2,1H3. The molecular weight excluding hydrogens is 252 g/mol. The molecule has 2 aliphatic rings. The normalized spacial score (nSPS) is 27.4. The van der Waals surface area contributed by atoms with Crippen molar-refractivity contribution in [1.82, 2.24) is 14.9 Å². The summed E-state index contributed by atoms with van der Waals surface area (Å²) in [5.41, 5.74) is 0.315. The number of piperidine rings is 1. The number of hydrogen-bond donors (Lipinski definition) is 0. The average molecular weight is 276 g/mol. The van der Waals surface area contributed by atoms with Crippen LogP contribution in [0.25, 0.3) is 0 Å². The minimum absolute atomic E-state index is 0.315. The van der Waals surface area contributed by atoms with Crippen LogP contribution in [0.15, 0.2) is 18.5 Å². The molecule has 3 rings (SSSR count). The molecule has 1 unspecified atom stereocenters. The second-order valence-electron chi connectivity index (χ2n) is 5.88. The van der Waals surface area contributed by atoms with E-state index in [-0.39, 0.29) is 0 Å². The molecule has 3 heterocycles. The summed E-state index contributed by atoms with van der Waals surface area (Å²) in [5, 5.41) is 0. The Labute approximate surface area is 121 Å². The number of aromatic nitrogens is 2. The molecule has 20 heavy (non-hydrogen) atoms. The highest BCUT2D eigenvalue weighted by Gasteiger charge is 2.43. The van der Waals surface area contributed by atoms with Crippen molar-refractivity contribution in [2.75, 3.05) is 44.8 Å². The molecule has 0 saturated carbocycles. The average Bonchev–Trinajstić information content (AvgIpc) is 2.88. The van der Waals surface area contributed by atoms with E-state index in [4.69, 9.17) is 4.74 Å². The Morgan fingerprint density at radius 2 is 1.95 bits per heavy atom. The second kappa shape index (κ2) is 6.06. The van der Waals surface area contributed by atoms with Crippen molar-refractivity contribution >= 4 is 5.95 Å². The first-order valence-corrected chi connectivity index (χ1v) is 7.60. The summed E-state index contributed by atoms with van der Waals surface area (Å²) in [6.07, 6.45) is 8.77. The van der Waals surface area contributed by atoms with Gasteiger partial charge < -0.3 is 9.64 Å². The Morgan fingerprint density at radius 1 is 1.20 bits per heavy atom. The molecule has 0 radical (unpaired) electrons. The maximum Gasteiger partial charge on any atom is 0.225 e. The lowest BCUT2D eigenvalue weighted by molar-refractivity contribution is 0.0779. The molecule has 5 nitrogen and oxygen atoms in total. The lowest BCUT2D eigenvalue weighted by atomic mass is 9.86. The van der Waals surface area contributed by atoms with E-state index in [2.05, 4.69) is 19.8 Å². The molecule has 0 bridgehead atoms. The smallest absolute Gasteiger partial charge is 0.225 e.